The topological polar surface area (TPSA) is 69.1 Å². The molecule has 1 amide bonds. The Hall–Kier alpha value is -3.12. The number of imidazole rings is 1. The highest BCUT2D eigenvalue weighted by atomic mass is 16.2. The zero-order chi connectivity index (χ0) is 21.7. The maximum absolute atomic E-state index is 13.2. The summed E-state index contributed by atoms with van der Waals surface area (Å²) >= 11 is 0. The Morgan fingerprint density at radius 1 is 1.16 bits per heavy atom. The molecule has 2 unspecified atom stereocenters. The maximum Gasteiger partial charge on any atom is 0.254 e. The van der Waals surface area contributed by atoms with Crippen LogP contribution >= 0.6 is 0 Å². The van der Waals surface area contributed by atoms with Crippen molar-refractivity contribution in [1.29, 1.82) is 0 Å². The van der Waals surface area contributed by atoms with Gasteiger partial charge in [0.25, 0.3) is 5.91 Å². The molecule has 1 saturated heterocycles. The van der Waals surface area contributed by atoms with Crippen molar-refractivity contribution in [3.63, 3.8) is 0 Å². The number of rotatable bonds is 3. The lowest BCUT2D eigenvalue weighted by Crippen LogP contribution is -2.52. The molecule has 0 spiro atoms. The zero-order valence-corrected chi connectivity index (χ0v) is 18.4. The summed E-state index contributed by atoms with van der Waals surface area (Å²) < 4.78 is 4.41. The van der Waals surface area contributed by atoms with Gasteiger partial charge >= 0.3 is 0 Å². The van der Waals surface area contributed by atoms with Crippen LogP contribution in [0.4, 0.5) is 0 Å². The van der Waals surface area contributed by atoms with Crippen molar-refractivity contribution in [2.45, 2.75) is 45.3 Å². The summed E-state index contributed by atoms with van der Waals surface area (Å²) in [5.41, 5.74) is 11.0. The number of nitrogens with two attached hydrogens (primary N) is 1. The van der Waals surface area contributed by atoms with Crippen LogP contribution in [0.3, 0.4) is 0 Å². The lowest BCUT2D eigenvalue weighted by Gasteiger charge is -2.37. The number of carbonyl (C=O) groups excluding carboxylic acids is 1. The van der Waals surface area contributed by atoms with Crippen molar-refractivity contribution >= 4 is 27.8 Å². The van der Waals surface area contributed by atoms with Crippen LogP contribution in [0, 0.1) is 0 Å². The van der Waals surface area contributed by atoms with Crippen LogP contribution in [0.5, 0.6) is 0 Å². The molecule has 2 aromatic carbocycles. The van der Waals surface area contributed by atoms with Crippen molar-refractivity contribution in [2.75, 3.05) is 6.54 Å². The summed E-state index contributed by atoms with van der Waals surface area (Å²) in [6.45, 7) is 5.82. The fourth-order valence-electron chi connectivity index (χ4n) is 4.92. The molecule has 2 atom stereocenters. The minimum atomic E-state index is 0.0406. The smallest absolute Gasteiger partial charge is 0.254 e. The van der Waals surface area contributed by atoms with Crippen molar-refractivity contribution in [2.24, 2.45) is 12.8 Å². The first-order valence-corrected chi connectivity index (χ1v) is 11.1. The van der Waals surface area contributed by atoms with Crippen LogP contribution in [0.15, 0.2) is 48.5 Å². The van der Waals surface area contributed by atoms with Gasteiger partial charge in [-0.05, 0) is 57.0 Å². The molecule has 0 radical (unpaired) electrons. The number of hydrogen-bond donors (Lipinski definition) is 1. The largest absolute Gasteiger partial charge is 0.338 e. The molecule has 1 aliphatic heterocycles. The molecule has 31 heavy (non-hydrogen) atoms. The number of aryl methyl sites for hydroxylation is 2. The second-order valence-electron chi connectivity index (χ2n) is 8.58. The number of fused-ring (bicyclic) bond motifs is 2. The van der Waals surface area contributed by atoms with Crippen molar-refractivity contribution < 1.29 is 4.79 Å². The molecule has 1 fully saturated rings. The second-order valence-corrected chi connectivity index (χ2v) is 8.58. The number of benzene rings is 2. The molecule has 0 saturated carbocycles. The summed E-state index contributed by atoms with van der Waals surface area (Å²) in [4.78, 5) is 20.1. The standard InChI is InChI=1S/C25H29N5O/c1-4-29-21-10-6-5-8-17(21)15-23(29)24-27-20-14-18(11-12-22(20)28(24)3)25(31)30-13-7-9-19(26)16(30)2/h5-6,8,10-12,14-16,19H,4,7,9,13,26H2,1-3H3. The van der Waals surface area contributed by atoms with Crippen LogP contribution in [-0.2, 0) is 13.6 Å². The molecule has 2 aromatic heterocycles. The van der Waals surface area contributed by atoms with Crippen molar-refractivity contribution in [1.82, 2.24) is 19.0 Å². The van der Waals surface area contributed by atoms with Gasteiger partial charge in [-0.15, -0.1) is 0 Å². The Bertz CT molecular complexity index is 1280. The summed E-state index contributed by atoms with van der Waals surface area (Å²) in [6.07, 6.45) is 1.92. The Balaban J connectivity index is 1.57. The molecule has 6 heteroatoms. The predicted molar refractivity (Wildman–Crippen MR) is 125 cm³/mol. The lowest BCUT2D eigenvalue weighted by molar-refractivity contribution is 0.0605. The second kappa shape index (κ2) is 7.54. The fraction of sp³-hybridized carbons (Fsp3) is 0.360. The van der Waals surface area contributed by atoms with Crippen LogP contribution < -0.4 is 5.73 Å². The van der Waals surface area contributed by atoms with E-state index in [9.17, 15) is 4.79 Å². The molecule has 1 aliphatic rings. The number of amides is 1. The van der Waals surface area contributed by atoms with Crippen LogP contribution in [0.1, 0.15) is 37.0 Å². The van der Waals surface area contributed by atoms with Crippen molar-refractivity contribution in [3.8, 4) is 11.5 Å². The molecular weight excluding hydrogens is 386 g/mol. The normalized spacial score (nSPS) is 19.4. The number of aromatic nitrogens is 3. The number of piperidine rings is 1. The monoisotopic (exact) mass is 415 g/mol. The average Bonchev–Trinajstić information content (AvgIpc) is 3.32. The van der Waals surface area contributed by atoms with Crippen molar-refractivity contribution in [3.05, 3.63) is 54.1 Å². The maximum atomic E-state index is 13.2. The molecule has 0 bridgehead atoms. The van der Waals surface area contributed by atoms with Gasteiger partial charge in [-0.2, -0.15) is 0 Å². The van der Waals surface area contributed by atoms with Gasteiger partial charge in [-0.3, -0.25) is 4.79 Å². The summed E-state index contributed by atoms with van der Waals surface area (Å²) in [5.74, 6) is 0.949. The van der Waals surface area contributed by atoms with Gasteiger partial charge < -0.3 is 19.8 Å². The van der Waals surface area contributed by atoms with Crippen LogP contribution in [0.25, 0.3) is 33.5 Å². The van der Waals surface area contributed by atoms with Gasteiger partial charge in [0.05, 0.1) is 16.7 Å². The van der Waals surface area contributed by atoms with Gasteiger partial charge in [0, 0.05) is 48.7 Å². The van der Waals surface area contributed by atoms with E-state index < -0.39 is 0 Å². The Kier molecular flexibility index (Phi) is 4.82. The highest BCUT2D eigenvalue weighted by molar-refractivity contribution is 5.98. The minimum absolute atomic E-state index is 0.0406. The van der Waals surface area contributed by atoms with Gasteiger partial charge in [0.1, 0.15) is 0 Å². The predicted octanol–water partition coefficient (Wildman–Crippen LogP) is 4.17. The van der Waals surface area contributed by atoms with E-state index >= 15 is 0 Å². The summed E-state index contributed by atoms with van der Waals surface area (Å²) in [7, 11) is 2.04. The Morgan fingerprint density at radius 3 is 2.77 bits per heavy atom. The van der Waals surface area contributed by atoms with Gasteiger partial charge in [-0.1, -0.05) is 18.2 Å². The third-order valence-electron chi connectivity index (χ3n) is 6.79. The molecule has 2 N–H and O–H groups in total. The number of carbonyl (C=O) groups is 1. The third kappa shape index (κ3) is 3.13. The zero-order valence-electron chi connectivity index (χ0n) is 18.4. The van der Waals surface area contributed by atoms with E-state index in [0.717, 1.165) is 48.5 Å². The van der Waals surface area contributed by atoms with Crippen LogP contribution in [-0.4, -0.2) is 43.6 Å². The summed E-state index contributed by atoms with van der Waals surface area (Å²) in [5, 5.41) is 1.21. The van der Waals surface area contributed by atoms with Gasteiger partial charge in [0.15, 0.2) is 5.82 Å². The van der Waals surface area contributed by atoms with Gasteiger partial charge in [-0.25, -0.2) is 4.98 Å². The fourth-order valence-corrected chi connectivity index (χ4v) is 4.92. The van der Waals surface area contributed by atoms with E-state index in [1.54, 1.807) is 0 Å². The first kappa shape index (κ1) is 19.8. The highest BCUT2D eigenvalue weighted by Gasteiger charge is 2.29. The number of likely N-dealkylation sites (tertiary alicyclic amines) is 1. The molecule has 3 heterocycles. The molecule has 0 aliphatic carbocycles. The van der Waals surface area contributed by atoms with E-state index in [1.165, 1.54) is 10.9 Å². The molecular formula is C25H29N5O. The summed E-state index contributed by atoms with van der Waals surface area (Å²) in [6, 6.07) is 16.5. The average molecular weight is 416 g/mol. The highest BCUT2D eigenvalue weighted by Crippen LogP contribution is 2.30. The SMILES string of the molecule is CCn1c(-c2nc3cc(C(=O)N4CCCC(N)C4C)ccc3n2C)cc2ccccc21. The van der Waals surface area contributed by atoms with E-state index in [2.05, 4.69) is 46.4 Å². The Morgan fingerprint density at radius 2 is 1.97 bits per heavy atom. The van der Waals surface area contributed by atoms with Gasteiger partial charge in [0.2, 0.25) is 0 Å². The van der Waals surface area contributed by atoms with Crippen LogP contribution in [0.2, 0.25) is 0 Å². The molecule has 6 nitrogen and oxygen atoms in total. The minimum Gasteiger partial charge on any atom is -0.338 e. The molecule has 160 valence electrons. The van der Waals surface area contributed by atoms with E-state index in [1.807, 2.05) is 37.1 Å². The number of hydrogen-bond acceptors (Lipinski definition) is 3. The quantitative estimate of drug-likeness (QED) is 0.546. The van der Waals surface area contributed by atoms with E-state index in [0.29, 0.717) is 5.56 Å². The molecule has 4 aromatic rings. The number of para-hydroxylation sites is 1. The first-order chi connectivity index (χ1) is 15.0. The lowest BCUT2D eigenvalue weighted by atomic mass is 9.97. The number of nitrogens with zero attached hydrogens (tertiary/aromatic N) is 4. The first-order valence-electron chi connectivity index (χ1n) is 11.1. The molecule has 5 rings (SSSR count). The van der Waals surface area contributed by atoms with E-state index in [-0.39, 0.29) is 18.0 Å². The third-order valence-corrected chi connectivity index (χ3v) is 6.79. The Labute approximate surface area is 182 Å². The van der Waals surface area contributed by atoms with E-state index in [4.69, 9.17) is 10.7 Å².